The van der Waals surface area contributed by atoms with Crippen LogP contribution in [0.3, 0.4) is 0 Å². The van der Waals surface area contributed by atoms with Crippen LogP contribution < -0.4 is 47.9 Å². The minimum absolute atomic E-state index is 0.0448. The fraction of sp³-hybridized carbons (Fsp3) is 0.736. The van der Waals surface area contributed by atoms with Crippen molar-refractivity contribution in [1.29, 1.82) is 0 Å². The van der Waals surface area contributed by atoms with Gasteiger partial charge in [-0.15, -0.1) is 0 Å². The van der Waals surface area contributed by atoms with E-state index in [0.717, 1.165) is 41.4 Å². The van der Waals surface area contributed by atoms with Gasteiger partial charge in [-0.1, -0.05) is 48.1 Å². The normalized spacial score (nSPS) is 16.9. The lowest BCUT2D eigenvalue weighted by Gasteiger charge is -2.36. The molecule has 10 N–H and O–H groups in total. The molecule has 54 heteroatoms. The van der Waals surface area contributed by atoms with Crippen LogP contribution in [0.2, 0.25) is 0 Å². The number of methoxy groups -OCH3 is 1. The summed E-state index contributed by atoms with van der Waals surface area (Å²) in [5.74, 6) is -11.2. The van der Waals surface area contributed by atoms with Gasteiger partial charge in [0, 0.05) is 138 Å². The van der Waals surface area contributed by atoms with Crippen molar-refractivity contribution in [1.82, 2.24) is 102 Å². The maximum atomic E-state index is 14.6. The van der Waals surface area contributed by atoms with Gasteiger partial charge in [0.05, 0.1) is 26.2 Å². The third kappa shape index (κ3) is 46.7. The molecule has 0 radical (unpaired) electrons. The maximum absolute atomic E-state index is 14.6. The Balaban J connectivity index is 0.00000279. The zero-order valence-corrected chi connectivity index (χ0v) is 92.0. The van der Waals surface area contributed by atoms with Gasteiger partial charge in [0.2, 0.25) is 82.7 Å². The summed E-state index contributed by atoms with van der Waals surface area (Å²) in [5.41, 5.74) is -3.84. The van der Waals surface area contributed by atoms with Crippen LogP contribution in [0, 0.1) is 0 Å². The van der Waals surface area contributed by atoms with Gasteiger partial charge < -0.3 is 130 Å². The molecule has 1 aliphatic heterocycles. The van der Waals surface area contributed by atoms with Crippen LogP contribution in [0.4, 0.5) is 24.0 Å². The Bertz CT molecular complexity index is 4260. The summed E-state index contributed by atoms with van der Waals surface area (Å²) in [4.78, 5) is 294. The fourth-order valence-electron chi connectivity index (χ4n) is 12.9. The Morgan fingerprint density at radius 1 is 0.504 bits per heavy atom. The third-order valence-electron chi connectivity index (χ3n) is 20.6. The van der Waals surface area contributed by atoms with Crippen LogP contribution in [0.25, 0.3) is 0 Å². The monoisotopic (exact) mass is 2120 g/mol. The van der Waals surface area contributed by atoms with Crippen LogP contribution in [-0.2, 0) is 105 Å². The first kappa shape index (κ1) is 131. The second-order valence-electron chi connectivity index (χ2n) is 36.5. The van der Waals surface area contributed by atoms with Gasteiger partial charge in [0.1, 0.15) is 109 Å². The first-order chi connectivity index (χ1) is 65.3. The van der Waals surface area contributed by atoms with E-state index < -0.39 is 266 Å². The molecule has 0 aliphatic carbocycles. The molecule has 0 aromatic rings. The molecule has 0 saturated carbocycles. The Hall–Kier alpha value is -10.3. The van der Waals surface area contributed by atoms with E-state index in [4.69, 9.17) is 28.8 Å². The highest BCUT2D eigenvalue weighted by Gasteiger charge is 2.44. The molecular weight excluding hydrogens is 1970 g/mol. The number of likely N-dealkylation sites (N-methyl/N-ethyl adjacent to an activating group) is 12. The number of alkyl carbamates (subject to hydrolysis) is 4. The SMILES string of the molecule is C=CCOC(=O)N(C)[C@@H](CC)C(=O)N(C)[C@@H](CSC)C(=O)N(C)C[C@@H](NC(=O)OC(C)(C)C)C(=O)NCC(=O)N(C)[C@@H](CC)C(=O)N(C)[C@@H](CSC)C(=O)N(C)C[C@@H](NC(=O)OC(C)(C)C)C(=O)NCC(=O)OC.CN[C@H]1CSSC[C@@H](C(=O)N(C)[C@@H](CSC)C(=O)N(C)C[C@@H](NC(=O)OC(C)(C)C)C(=O)NCC(=O)O)N(C)C(=O)CNC(=O)[C@H](NC(=O)OC(C)(C)C)CN(C)C(=O)[C@H](CSC)N(C)C1=O. The van der Waals surface area contributed by atoms with Crippen molar-refractivity contribution >= 4 is 194 Å². The van der Waals surface area contributed by atoms with E-state index in [9.17, 15) is 101 Å². The maximum Gasteiger partial charge on any atom is 0.410 e. The van der Waals surface area contributed by atoms with Gasteiger partial charge in [0.15, 0.2) is 0 Å². The Morgan fingerprint density at radius 3 is 1.26 bits per heavy atom. The van der Waals surface area contributed by atoms with Crippen molar-refractivity contribution in [2.24, 2.45) is 0 Å². The number of carboxylic acid groups (broad SMARTS) is 1. The standard InChI is InChI=1S/C47H82N10O15S2.C40H70N10O13S4/c1-19-22-70-45(68)57(15)32(21-3)42(65)56(14)34(28-74-18)40(63)52(10)25-29(50-43(66)71-46(4,5)6)37(60)48-23-35(58)54(12)31(20-2)41(64)55(13)33(27-73-17)39(62)53(11)26-30(38(61)49-24-36(59)69-16)51-44(67)72-47(7,8)9;1-39(2,3)62-37(60)44-23-17-46(8)34(57)26(20-64-13)49(11)33(56)25(41-7)19-66-67-22-28(48(10)29(51)15-42-31(23)54)36(59)50(12)27(21-65-14)35(58)47(9)18-24(32(55)43-16-30(52)53)45-38(61)63-40(4,5)6/h19,29-34H,1,20-28H2,2-18H3,(H,48,60)(H,49,61)(H,50,66)(H,51,67);23-28,41H,15-22H2,1-14H3,(H,42,54)(H,43,55)(H,44,60)(H,45,61)(H,52,53)/t29-,30-,31+,32+,33+,34+;23-,24-,25+,26+,27+,28+/m11/s1. The minimum atomic E-state index is -1.51. The van der Waals surface area contributed by atoms with Gasteiger partial charge in [-0.3, -0.25) is 81.6 Å². The molecule has 0 aromatic carbocycles. The first-order valence-electron chi connectivity index (χ1n) is 44.6. The zero-order chi connectivity index (χ0) is 109. The highest BCUT2D eigenvalue weighted by atomic mass is 33.1. The Kier molecular flexibility index (Phi) is 58.3. The largest absolute Gasteiger partial charge is 0.480 e. The number of amides is 19. The molecule has 19 amide bonds. The number of nitrogens with one attached hydrogen (secondary N) is 9. The molecule has 1 fully saturated rings. The number of aliphatic carboxylic acids is 1. The number of ether oxygens (including phenoxy) is 6. The lowest BCUT2D eigenvalue weighted by molar-refractivity contribution is -0.149. The predicted octanol–water partition coefficient (Wildman–Crippen LogP) is -0.0580. The molecule has 48 nitrogen and oxygen atoms in total. The van der Waals surface area contributed by atoms with Gasteiger partial charge in [-0.05, 0) is 128 Å². The molecule has 1 aliphatic rings. The summed E-state index contributed by atoms with van der Waals surface area (Å²) < 4.78 is 31.0. The molecule has 1 heterocycles. The third-order valence-corrected chi connectivity index (χ3v) is 25.6. The molecule has 0 unspecified atom stereocenters. The van der Waals surface area contributed by atoms with Crippen LogP contribution in [0.1, 0.15) is 110 Å². The van der Waals surface area contributed by atoms with Gasteiger partial charge in [-0.25, -0.2) is 24.0 Å². The summed E-state index contributed by atoms with van der Waals surface area (Å²) in [6, 6.07) is -14.4. The number of carbonyl (C=O) groups is 21. The summed E-state index contributed by atoms with van der Waals surface area (Å²) in [7, 11) is 20.3. The summed E-state index contributed by atoms with van der Waals surface area (Å²) in [6.07, 6.45) is 3.83. The number of esters is 1. The van der Waals surface area contributed by atoms with Gasteiger partial charge in [-0.2, -0.15) is 47.0 Å². The molecule has 1 rings (SSSR count). The van der Waals surface area contributed by atoms with E-state index in [1.54, 1.807) is 129 Å². The topological polar surface area (TPSA) is 578 Å². The molecule has 804 valence electrons. The van der Waals surface area contributed by atoms with Gasteiger partial charge in [0.25, 0.3) is 0 Å². The van der Waals surface area contributed by atoms with Crippen LogP contribution >= 0.6 is 68.6 Å². The first-order valence-corrected chi connectivity index (χ1v) is 52.7. The lowest BCUT2D eigenvalue weighted by atomic mass is 10.1. The van der Waals surface area contributed by atoms with Crippen LogP contribution in [0.5, 0.6) is 0 Å². The molecule has 0 bridgehead atoms. The molecule has 0 aromatic heterocycles. The molecule has 12 atom stereocenters. The Labute approximate surface area is 852 Å². The van der Waals surface area contributed by atoms with Crippen molar-refractivity contribution in [2.75, 3.05) is 210 Å². The summed E-state index contributed by atoms with van der Waals surface area (Å²) >= 11 is 5.06. The second-order valence-corrected chi connectivity index (χ2v) is 42.6. The second kappa shape index (κ2) is 63.0. The predicted molar refractivity (Wildman–Crippen MR) is 539 cm³/mol. The number of nitrogens with zero attached hydrogens (tertiary/aromatic N) is 11. The summed E-state index contributed by atoms with van der Waals surface area (Å²) in [5, 5.41) is 31.3. The average molecular weight is 2120 g/mol. The summed E-state index contributed by atoms with van der Waals surface area (Å²) in [6.45, 7) is 21.8. The van der Waals surface area contributed by atoms with E-state index >= 15 is 0 Å². The van der Waals surface area contributed by atoms with Crippen molar-refractivity contribution in [3.05, 3.63) is 12.7 Å². The van der Waals surface area contributed by atoms with Crippen LogP contribution in [-0.4, -0.2) is 489 Å². The van der Waals surface area contributed by atoms with Gasteiger partial charge >= 0.3 is 42.4 Å². The number of carbonyl (C=O) groups excluding carboxylic acids is 20. The highest BCUT2D eigenvalue weighted by molar-refractivity contribution is 8.76. The highest BCUT2D eigenvalue weighted by Crippen LogP contribution is 2.28. The van der Waals surface area contributed by atoms with E-state index in [1.165, 1.54) is 172 Å². The van der Waals surface area contributed by atoms with Crippen LogP contribution in [0.15, 0.2) is 12.7 Å². The quantitative estimate of drug-likeness (QED) is 0.0165. The number of rotatable bonds is 43. The molecule has 1 saturated heterocycles. The number of thioether (sulfide) groups is 4. The fourth-order valence-corrected chi connectivity index (χ4v) is 18.1. The van der Waals surface area contributed by atoms with E-state index in [2.05, 4.69) is 59.2 Å². The molecular formula is C87H152N20O28S6. The van der Waals surface area contributed by atoms with E-state index in [-0.39, 0.29) is 60.5 Å². The minimum Gasteiger partial charge on any atom is -0.480 e. The average Bonchev–Trinajstić information content (AvgIpc) is 0.826. The molecule has 141 heavy (non-hydrogen) atoms. The number of carboxylic acids is 1. The van der Waals surface area contributed by atoms with E-state index in [1.807, 2.05) is 0 Å². The van der Waals surface area contributed by atoms with Crippen molar-refractivity contribution in [3.63, 3.8) is 0 Å². The smallest absolute Gasteiger partial charge is 0.410 e. The number of hydrogen-bond donors (Lipinski definition) is 10. The number of hydrogen-bond acceptors (Lipinski definition) is 34. The van der Waals surface area contributed by atoms with Crippen molar-refractivity contribution in [3.8, 4) is 0 Å². The van der Waals surface area contributed by atoms with E-state index in [0.29, 0.717) is 0 Å². The Morgan fingerprint density at radius 2 is 0.887 bits per heavy atom. The van der Waals surface area contributed by atoms with Crippen molar-refractivity contribution < 1.29 is 134 Å². The molecule has 0 spiro atoms. The zero-order valence-electron chi connectivity index (χ0n) is 87.1. The lowest BCUT2D eigenvalue weighted by Crippen LogP contribution is -2.60. The van der Waals surface area contributed by atoms with Crippen molar-refractivity contribution in [2.45, 2.75) is 205 Å².